The van der Waals surface area contributed by atoms with Crippen LogP contribution in [0.3, 0.4) is 0 Å². The Hall–Kier alpha value is -3.12. The van der Waals surface area contributed by atoms with E-state index >= 15 is 0 Å². The van der Waals surface area contributed by atoms with Crippen LogP contribution in [0.2, 0.25) is 0 Å². The van der Waals surface area contributed by atoms with Gasteiger partial charge < -0.3 is 15.3 Å². The smallest absolute Gasteiger partial charge is 0.231 e. The van der Waals surface area contributed by atoms with E-state index in [2.05, 4.69) is 46.2 Å². The predicted molar refractivity (Wildman–Crippen MR) is 120 cm³/mol. The third-order valence-corrected chi connectivity index (χ3v) is 5.63. The summed E-state index contributed by atoms with van der Waals surface area (Å²) in [4.78, 5) is 11.7. The van der Waals surface area contributed by atoms with Crippen molar-refractivity contribution in [2.45, 2.75) is 13.8 Å². The highest BCUT2D eigenvalue weighted by atomic mass is 32.1. The molecule has 0 saturated carbocycles. The molecule has 2 aromatic carbocycles. The number of para-hydroxylation sites is 1. The minimum Gasteiger partial charge on any atom is -0.492 e. The number of benzene rings is 2. The monoisotopic (exact) mass is 390 g/mol. The molecule has 4 rings (SSSR count). The van der Waals surface area contributed by atoms with E-state index in [1.807, 2.05) is 48.7 Å². The normalized spacial score (nSPS) is 13.7. The van der Waals surface area contributed by atoms with Gasteiger partial charge in [-0.2, -0.15) is 4.98 Å². The molecule has 0 saturated heterocycles. The quantitative estimate of drug-likeness (QED) is 0.567. The Labute approximate surface area is 168 Å². The molecule has 6 heteroatoms. The third kappa shape index (κ3) is 3.64. The Balaban J connectivity index is 1.53. The van der Waals surface area contributed by atoms with Gasteiger partial charge in [0, 0.05) is 41.8 Å². The molecule has 1 aromatic heterocycles. The number of aromatic hydroxyl groups is 1. The van der Waals surface area contributed by atoms with Crippen LogP contribution in [-0.4, -0.2) is 29.4 Å². The molecule has 2 N–H and O–H groups in total. The second kappa shape index (κ2) is 7.86. The molecule has 0 bridgehead atoms. The molecule has 0 amide bonds. The molecule has 0 atom stereocenters. The molecular weight excluding hydrogens is 368 g/mol. The minimum atomic E-state index is 0.0255. The van der Waals surface area contributed by atoms with Crippen molar-refractivity contribution in [3.8, 4) is 5.88 Å². The van der Waals surface area contributed by atoms with Gasteiger partial charge in [-0.1, -0.05) is 29.5 Å². The highest BCUT2D eigenvalue weighted by Gasteiger charge is 2.14. The van der Waals surface area contributed by atoms with Crippen LogP contribution >= 0.6 is 11.3 Å². The summed E-state index contributed by atoms with van der Waals surface area (Å²) in [7, 11) is 0. The lowest BCUT2D eigenvalue weighted by molar-refractivity contribution is 0.457. The van der Waals surface area contributed by atoms with E-state index in [0.29, 0.717) is 10.0 Å². The maximum absolute atomic E-state index is 10.3. The van der Waals surface area contributed by atoms with Crippen LogP contribution in [0, 0.1) is 0 Å². The van der Waals surface area contributed by atoms with Crippen LogP contribution in [0.1, 0.15) is 24.3 Å². The van der Waals surface area contributed by atoms with Gasteiger partial charge in [0.25, 0.3) is 0 Å². The summed E-state index contributed by atoms with van der Waals surface area (Å²) in [5, 5.41) is 14.2. The molecule has 5 nitrogen and oxygen atoms in total. The van der Waals surface area contributed by atoms with Crippen molar-refractivity contribution in [3.63, 3.8) is 0 Å². The number of rotatable bonds is 6. The first-order valence-corrected chi connectivity index (χ1v) is 10.2. The van der Waals surface area contributed by atoms with Crippen LogP contribution < -0.4 is 10.2 Å². The van der Waals surface area contributed by atoms with Crippen LogP contribution in [0.5, 0.6) is 5.88 Å². The fourth-order valence-corrected chi connectivity index (χ4v) is 4.07. The predicted octanol–water partition coefficient (Wildman–Crippen LogP) is 5.70. The zero-order valence-electron chi connectivity index (χ0n) is 15.9. The lowest BCUT2D eigenvalue weighted by atomic mass is 10.1. The molecule has 0 radical (unpaired) electrons. The number of hydrogen-bond acceptors (Lipinski definition) is 6. The van der Waals surface area contributed by atoms with Crippen LogP contribution in [-0.2, 0) is 0 Å². The molecule has 2 heterocycles. The fourth-order valence-electron chi connectivity index (χ4n) is 3.23. The molecule has 0 unspecified atom stereocenters. The maximum atomic E-state index is 10.3. The van der Waals surface area contributed by atoms with Crippen molar-refractivity contribution >= 4 is 51.4 Å². The highest BCUT2D eigenvalue weighted by Crippen LogP contribution is 2.37. The van der Waals surface area contributed by atoms with Gasteiger partial charge in [0.1, 0.15) is 0 Å². The molecule has 3 aromatic rings. The van der Waals surface area contributed by atoms with E-state index in [4.69, 9.17) is 0 Å². The number of nitrogens with one attached hydrogen (secondary N) is 1. The molecule has 0 spiro atoms. The first-order valence-electron chi connectivity index (χ1n) is 9.35. The number of thiazole rings is 1. The van der Waals surface area contributed by atoms with Gasteiger partial charge in [0.2, 0.25) is 5.88 Å². The number of hydrogen-bond donors (Lipinski definition) is 2. The Kier molecular flexibility index (Phi) is 5.12. The fraction of sp³-hybridized carbons (Fsp3) is 0.182. The minimum absolute atomic E-state index is 0.0255. The first kappa shape index (κ1) is 18.3. The maximum Gasteiger partial charge on any atom is 0.231 e. The van der Waals surface area contributed by atoms with Crippen molar-refractivity contribution in [2.75, 3.05) is 23.3 Å². The third-order valence-electron chi connectivity index (χ3n) is 4.73. The van der Waals surface area contributed by atoms with Crippen molar-refractivity contribution < 1.29 is 5.11 Å². The van der Waals surface area contributed by atoms with E-state index in [1.165, 1.54) is 17.0 Å². The van der Waals surface area contributed by atoms with Crippen molar-refractivity contribution in [2.24, 2.45) is 4.99 Å². The second-order valence-corrected chi connectivity index (χ2v) is 7.46. The highest BCUT2D eigenvalue weighted by molar-refractivity contribution is 7.16. The Morgan fingerprint density at radius 2 is 1.82 bits per heavy atom. The standard InChI is InChI=1S/C22H22N4OS/c1-3-26(4-2)17-11-9-16(10-12-17)24-22-25-21(27)20(28-22)13-15-14-23-19-8-6-5-7-18(15)19/h5-14,27H,3-4H2,1-2H3,(H,24,25). The van der Waals surface area contributed by atoms with Gasteiger partial charge in [0.05, 0.1) is 10.6 Å². The average Bonchev–Trinajstić information content (AvgIpc) is 3.28. The topological polar surface area (TPSA) is 60.8 Å². The van der Waals surface area contributed by atoms with E-state index in [9.17, 15) is 5.11 Å². The Morgan fingerprint density at radius 3 is 2.57 bits per heavy atom. The largest absolute Gasteiger partial charge is 0.492 e. The number of aliphatic imine (C=N–C) groups is 1. The summed E-state index contributed by atoms with van der Waals surface area (Å²) in [6, 6.07) is 16.2. The first-order chi connectivity index (χ1) is 13.7. The summed E-state index contributed by atoms with van der Waals surface area (Å²) in [6.07, 6.45) is 3.75. The summed E-state index contributed by atoms with van der Waals surface area (Å²) >= 11 is 1.41. The zero-order valence-corrected chi connectivity index (χ0v) is 16.7. The molecule has 1 aliphatic heterocycles. The molecule has 28 heavy (non-hydrogen) atoms. The van der Waals surface area contributed by atoms with Gasteiger partial charge in [0.15, 0.2) is 5.13 Å². The summed E-state index contributed by atoms with van der Waals surface area (Å²) in [5.41, 5.74) is 5.13. The lowest BCUT2D eigenvalue weighted by Gasteiger charge is -2.21. The van der Waals surface area contributed by atoms with E-state index in [1.54, 1.807) is 0 Å². The molecule has 142 valence electrons. The lowest BCUT2D eigenvalue weighted by Crippen LogP contribution is -2.21. The molecular formula is C22H22N4OS. The van der Waals surface area contributed by atoms with Gasteiger partial charge >= 0.3 is 0 Å². The number of fused-ring (bicyclic) bond motifs is 1. The number of allylic oxidation sites excluding steroid dienone is 1. The van der Waals surface area contributed by atoms with Gasteiger partial charge in [-0.25, -0.2) is 0 Å². The van der Waals surface area contributed by atoms with Gasteiger partial charge in [-0.15, -0.1) is 0 Å². The summed E-state index contributed by atoms with van der Waals surface area (Å²) in [5.74, 6) is 0.0255. The van der Waals surface area contributed by atoms with Crippen molar-refractivity contribution in [1.29, 1.82) is 0 Å². The molecule has 1 aliphatic rings. The second-order valence-electron chi connectivity index (χ2n) is 6.43. The molecule has 0 fully saturated rings. The van der Waals surface area contributed by atoms with Crippen LogP contribution in [0.4, 0.5) is 22.2 Å². The van der Waals surface area contributed by atoms with Gasteiger partial charge in [-0.05, 0) is 50.3 Å². The molecule has 0 aliphatic carbocycles. The van der Waals surface area contributed by atoms with Crippen molar-refractivity contribution in [1.82, 2.24) is 4.98 Å². The zero-order chi connectivity index (χ0) is 19.5. The summed E-state index contributed by atoms with van der Waals surface area (Å²) < 4.78 is 0. The van der Waals surface area contributed by atoms with E-state index in [0.717, 1.165) is 35.6 Å². The number of nitrogens with zero attached hydrogens (tertiary/aromatic N) is 3. The Morgan fingerprint density at radius 1 is 1.07 bits per heavy atom. The number of aromatic nitrogens is 1. The van der Waals surface area contributed by atoms with E-state index < -0.39 is 0 Å². The number of anilines is 3. The SMILES string of the molecule is CCN(CC)c1ccc(Nc2nc(O)c(C=C3C=Nc4ccccc43)s2)cc1. The van der Waals surface area contributed by atoms with Crippen molar-refractivity contribution in [3.05, 3.63) is 59.0 Å². The van der Waals surface area contributed by atoms with E-state index in [-0.39, 0.29) is 5.88 Å². The summed E-state index contributed by atoms with van der Waals surface area (Å²) in [6.45, 7) is 6.26. The average molecular weight is 391 g/mol. The Bertz CT molecular complexity index is 1030. The van der Waals surface area contributed by atoms with Crippen LogP contribution in [0.25, 0.3) is 11.6 Å². The van der Waals surface area contributed by atoms with Gasteiger partial charge in [-0.3, -0.25) is 4.99 Å². The van der Waals surface area contributed by atoms with Crippen LogP contribution in [0.15, 0.2) is 53.5 Å².